The maximum atomic E-state index is 9.49. The summed E-state index contributed by atoms with van der Waals surface area (Å²) in [5.41, 5.74) is 1.57. The summed E-state index contributed by atoms with van der Waals surface area (Å²) in [6.45, 7) is -0.0641. The molecule has 3 aromatic heterocycles. The van der Waals surface area contributed by atoms with Crippen molar-refractivity contribution in [3.05, 3.63) is 36.4 Å². The lowest BCUT2D eigenvalue weighted by atomic mass is 10.4. The van der Waals surface area contributed by atoms with Crippen molar-refractivity contribution in [3.63, 3.8) is 0 Å². The van der Waals surface area contributed by atoms with E-state index in [1.807, 2.05) is 40.4 Å². The Hall–Kier alpha value is -1.86. The van der Waals surface area contributed by atoms with Crippen LogP contribution in [0.25, 0.3) is 5.65 Å². The lowest BCUT2D eigenvalue weighted by molar-refractivity contribution is 0.272. The van der Waals surface area contributed by atoms with Crippen LogP contribution in [-0.4, -0.2) is 29.3 Å². The fourth-order valence-corrected chi connectivity index (χ4v) is 2.57. The van der Waals surface area contributed by atoms with Crippen LogP contribution in [0, 0.1) is 0 Å². The van der Waals surface area contributed by atoms with Gasteiger partial charge in [0.1, 0.15) is 17.0 Å². The first kappa shape index (κ1) is 11.2. The van der Waals surface area contributed by atoms with Gasteiger partial charge in [-0.05, 0) is 23.9 Å². The summed E-state index contributed by atoms with van der Waals surface area (Å²) in [5.74, 6) is 0. The van der Waals surface area contributed by atoms with Crippen molar-refractivity contribution in [2.75, 3.05) is 0 Å². The Morgan fingerprint density at radius 2 is 2.28 bits per heavy atom. The summed E-state index contributed by atoms with van der Waals surface area (Å²) in [5, 5.41) is 18.8. The van der Waals surface area contributed by atoms with E-state index in [-0.39, 0.29) is 6.61 Å². The molecular formula is C11H11N5OS. The number of pyridine rings is 1. The van der Waals surface area contributed by atoms with Gasteiger partial charge in [0.2, 0.25) is 0 Å². The van der Waals surface area contributed by atoms with Gasteiger partial charge in [0.05, 0.1) is 12.3 Å². The molecule has 3 aromatic rings. The molecule has 0 bridgehead atoms. The highest BCUT2D eigenvalue weighted by atomic mass is 32.2. The Morgan fingerprint density at radius 1 is 1.39 bits per heavy atom. The van der Waals surface area contributed by atoms with Gasteiger partial charge >= 0.3 is 0 Å². The van der Waals surface area contributed by atoms with Crippen molar-refractivity contribution < 1.29 is 5.11 Å². The first-order valence-corrected chi connectivity index (χ1v) is 6.20. The molecule has 3 heterocycles. The largest absolute Gasteiger partial charge is 0.390 e. The van der Waals surface area contributed by atoms with Crippen molar-refractivity contribution in [1.29, 1.82) is 0 Å². The minimum Gasteiger partial charge on any atom is -0.390 e. The molecular weight excluding hydrogens is 250 g/mol. The molecule has 7 heteroatoms. The minimum absolute atomic E-state index is 0.0641. The zero-order valence-corrected chi connectivity index (χ0v) is 10.5. The number of imidazole rings is 1. The maximum Gasteiger partial charge on any atom is 0.197 e. The zero-order valence-electron chi connectivity index (χ0n) is 9.69. The molecule has 0 aliphatic carbocycles. The number of aliphatic hydroxyl groups excluding tert-OH is 1. The van der Waals surface area contributed by atoms with Crippen molar-refractivity contribution in [2.24, 2.45) is 7.05 Å². The van der Waals surface area contributed by atoms with E-state index in [0.717, 1.165) is 21.5 Å². The topological polar surface area (TPSA) is 68.2 Å². The Morgan fingerprint density at radius 3 is 3.00 bits per heavy atom. The first-order chi connectivity index (χ1) is 8.79. The van der Waals surface area contributed by atoms with Crippen LogP contribution >= 0.6 is 11.8 Å². The first-order valence-electron chi connectivity index (χ1n) is 5.38. The number of hydrogen-bond donors (Lipinski definition) is 1. The summed E-state index contributed by atoms with van der Waals surface area (Å²) in [6.07, 6.45) is 3.52. The molecule has 0 saturated carbocycles. The fraction of sp³-hybridized carbons (Fsp3) is 0.182. The quantitative estimate of drug-likeness (QED) is 0.765. The number of aromatic nitrogens is 5. The number of fused-ring (bicyclic) bond motifs is 1. The molecule has 0 aliphatic heterocycles. The smallest absolute Gasteiger partial charge is 0.197 e. The number of rotatable bonds is 3. The molecule has 3 rings (SSSR count). The molecule has 0 aromatic carbocycles. The lowest BCUT2D eigenvalue weighted by Gasteiger charge is -2.00. The third-order valence-corrected chi connectivity index (χ3v) is 3.67. The fourth-order valence-electron chi connectivity index (χ4n) is 1.70. The Balaban J connectivity index is 2.09. The molecule has 6 nitrogen and oxygen atoms in total. The third kappa shape index (κ3) is 1.77. The Bertz CT molecular complexity index is 690. The number of nitrogens with zero attached hydrogens (tertiary/aromatic N) is 5. The molecule has 0 spiro atoms. The van der Waals surface area contributed by atoms with Crippen molar-refractivity contribution >= 4 is 17.4 Å². The van der Waals surface area contributed by atoms with E-state index in [1.165, 1.54) is 11.8 Å². The second-order valence-electron chi connectivity index (χ2n) is 3.78. The minimum atomic E-state index is -0.0641. The van der Waals surface area contributed by atoms with Crippen LogP contribution in [0.5, 0.6) is 0 Å². The van der Waals surface area contributed by atoms with Gasteiger partial charge in [-0.15, -0.1) is 10.2 Å². The number of hydrogen-bond acceptors (Lipinski definition) is 5. The highest BCUT2D eigenvalue weighted by Crippen LogP contribution is 2.28. The van der Waals surface area contributed by atoms with E-state index >= 15 is 0 Å². The summed E-state index contributed by atoms with van der Waals surface area (Å²) in [4.78, 5) is 4.48. The van der Waals surface area contributed by atoms with Crippen LogP contribution in [-0.2, 0) is 13.7 Å². The highest BCUT2D eigenvalue weighted by Gasteiger charge is 2.14. The van der Waals surface area contributed by atoms with Crippen LogP contribution in [0.3, 0.4) is 0 Å². The van der Waals surface area contributed by atoms with Gasteiger partial charge in [-0.2, -0.15) is 0 Å². The lowest BCUT2D eigenvalue weighted by Crippen LogP contribution is -1.94. The van der Waals surface area contributed by atoms with E-state index < -0.39 is 0 Å². The molecule has 1 N–H and O–H groups in total. The predicted octanol–water partition coefficient (Wildman–Crippen LogP) is 1.11. The summed E-state index contributed by atoms with van der Waals surface area (Å²) >= 11 is 1.40. The SMILES string of the molecule is Cn1cnnc1Sc1nc2ccccn2c1CO. The third-order valence-electron chi connectivity index (χ3n) is 2.60. The van der Waals surface area contributed by atoms with Crippen LogP contribution in [0.2, 0.25) is 0 Å². The van der Waals surface area contributed by atoms with Crippen molar-refractivity contribution in [3.8, 4) is 0 Å². The van der Waals surface area contributed by atoms with Gasteiger partial charge in [-0.1, -0.05) is 6.07 Å². The van der Waals surface area contributed by atoms with Gasteiger partial charge in [-0.3, -0.25) is 0 Å². The normalized spacial score (nSPS) is 11.2. The van der Waals surface area contributed by atoms with Gasteiger partial charge < -0.3 is 14.1 Å². The summed E-state index contributed by atoms with van der Waals surface area (Å²) in [7, 11) is 1.87. The standard InChI is InChI=1S/C11H11N5OS/c1-15-7-12-14-11(15)18-10-8(6-17)16-5-3-2-4-9(16)13-10/h2-5,7,17H,6H2,1H3. The van der Waals surface area contributed by atoms with E-state index in [0.29, 0.717) is 0 Å². The van der Waals surface area contributed by atoms with E-state index in [4.69, 9.17) is 0 Å². The van der Waals surface area contributed by atoms with Crippen LogP contribution in [0.4, 0.5) is 0 Å². The average molecular weight is 261 g/mol. The highest BCUT2D eigenvalue weighted by molar-refractivity contribution is 7.99. The average Bonchev–Trinajstić information content (AvgIpc) is 2.93. The zero-order chi connectivity index (χ0) is 12.5. The molecule has 0 saturated heterocycles. The monoisotopic (exact) mass is 261 g/mol. The summed E-state index contributed by atoms with van der Waals surface area (Å²) in [6, 6.07) is 5.73. The van der Waals surface area contributed by atoms with Crippen LogP contribution < -0.4 is 0 Å². The second kappa shape index (κ2) is 4.43. The maximum absolute atomic E-state index is 9.49. The number of aryl methyl sites for hydroxylation is 1. The predicted molar refractivity (Wildman–Crippen MR) is 66.2 cm³/mol. The summed E-state index contributed by atoms with van der Waals surface area (Å²) < 4.78 is 3.69. The van der Waals surface area contributed by atoms with Gasteiger partial charge in [0.25, 0.3) is 0 Å². The molecule has 18 heavy (non-hydrogen) atoms. The Kier molecular flexibility index (Phi) is 2.77. The molecule has 0 unspecified atom stereocenters. The molecule has 0 atom stereocenters. The number of aliphatic hydroxyl groups is 1. The van der Waals surface area contributed by atoms with Crippen LogP contribution in [0.1, 0.15) is 5.69 Å². The van der Waals surface area contributed by atoms with E-state index in [9.17, 15) is 5.11 Å². The van der Waals surface area contributed by atoms with E-state index in [1.54, 1.807) is 6.33 Å². The van der Waals surface area contributed by atoms with Gasteiger partial charge in [0.15, 0.2) is 5.16 Å². The van der Waals surface area contributed by atoms with E-state index in [2.05, 4.69) is 15.2 Å². The molecule has 0 amide bonds. The molecule has 0 fully saturated rings. The molecule has 0 aliphatic rings. The second-order valence-corrected chi connectivity index (χ2v) is 4.73. The Labute approximate surface area is 107 Å². The van der Waals surface area contributed by atoms with Crippen molar-refractivity contribution in [2.45, 2.75) is 16.8 Å². The van der Waals surface area contributed by atoms with Crippen LogP contribution in [0.15, 0.2) is 40.9 Å². The molecule has 92 valence electrons. The molecule has 0 radical (unpaired) electrons. The van der Waals surface area contributed by atoms with Gasteiger partial charge in [-0.25, -0.2) is 4.98 Å². The van der Waals surface area contributed by atoms with Gasteiger partial charge in [0, 0.05) is 13.2 Å². The van der Waals surface area contributed by atoms with Crippen molar-refractivity contribution in [1.82, 2.24) is 24.1 Å².